The summed E-state index contributed by atoms with van der Waals surface area (Å²) in [6.45, 7) is 0. The minimum atomic E-state index is -0.926. The number of ether oxygens (including phenoxy) is 1. The van der Waals surface area contributed by atoms with Crippen LogP contribution in [0.15, 0.2) is 36.4 Å². The molecule has 0 bridgehead atoms. The summed E-state index contributed by atoms with van der Waals surface area (Å²) >= 11 is 0. The normalized spacial score (nSPS) is 10.9. The standard InChI is InChI=1S/C15H12F2N2O/c1-20-12-5-3-2-4-9(12)8-13-18-11-7-6-10(16)14(17)15(11)19-13/h2-7H,8H2,1H3,(H,18,19). The number of nitrogens with zero attached hydrogens (tertiary/aromatic N) is 1. The zero-order valence-corrected chi connectivity index (χ0v) is 10.8. The van der Waals surface area contributed by atoms with Gasteiger partial charge in [0, 0.05) is 12.0 Å². The van der Waals surface area contributed by atoms with Crippen molar-refractivity contribution in [1.29, 1.82) is 0 Å². The highest BCUT2D eigenvalue weighted by atomic mass is 19.2. The van der Waals surface area contributed by atoms with Crippen LogP contribution in [0.2, 0.25) is 0 Å². The zero-order valence-electron chi connectivity index (χ0n) is 10.8. The van der Waals surface area contributed by atoms with Gasteiger partial charge in [0.1, 0.15) is 17.1 Å². The van der Waals surface area contributed by atoms with Gasteiger partial charge in [-0.05, 0) is 18.2 Å². The minimum Gasteiger partial charge on any atom is -0.496 e. The molecule has 0 amide bonds. The molecule has 0 saturated heterocycles. The molecule has 2 aromatic carbocycles. The van der Waals surface area contributed by atoms with Gasteiger partial charge in [0.2, 0.25) is 0 Å². The molecule has 0 aliphatic rings. The Morgan fingerprint density at radius 3 is 2.75 bits per heavy atom. The van der Waals surface area contributed by atoms with Crippen LogP contribution in [0.4, 0.5) is 8.78 Å². The third kappa shape index (κ3) is 2.11. The molecular weight excluding hydrogens is 262 g/mol. The van der Waals surface area contributed by atoms with Crippen LogP contribution in [0.5, 0.6) is 5.75 Å². The number of benzene rings is 2. The van der Waals surface area contributed by atoms with Crippen LogP contribution < -0.4 is 4.74 Å². The molecule has 3 rings (SSSR count). The lowest BCUT2D eigenvalue weighted by atomic mass is 10.1. The number of hydrogen-bond donors (Lipinski definition) is 1. The fourth-order valence-corrected chi connectivity index (χ4v) is 2.18. The number of nitrogens with one attached hydrogen (secondary N) is 1. The van der Waals surface area contributed by atoms with Crippen LogP contribution in [0.1, 0.15) is 11.4 Å². The largest absolute Gasteiger partial charge is 0.496 e. The molecule has 0 atom stereocenters. The van der Waals surface area contributed by atoms with Gasteiger partial charge in [-0.25, -0.2) is 13.8 Å². The Morgan fingerprint density at radius 1 is 1.15 bits per heavy atom. The molecule has 3 nitrogen and oxygen atoms in total. The van der Waals surface area contributed by atoms with E-state index in [1.54, 1.807) is 7.11 Å². The summed E-state index contributed by atoms with van der Waals surface area (Å²) in [5, 5.41) is 0. The molecule has 20 heavy (non-hydrogen) atoms. The molecule has 0 saturated carbocycles. The smallest absolute Gasteiger partial charge is 0.186 e. The topological polar surface area (TPSA) is 37.9 Å². The molecule has 1 N–H and O–H groups in total. The molecular formula is C15H12F2N2O. The van der Waals surface area contributed by atoms with Crippen LogP contribution >= 0.6 is 0 Å². The first-order valence-electron chi connectivity index (χ1n) is 6.13. The number of imidazole rings is 1. The fraction of sp³-hybridized carbons (Fsp3) is 0.133. The van der Waals surface area contributed by atoms with E-state index in [1.807, 2.05) is 24.3 Å². The molecule has 0 aliphatic carbocycles. The van der Waals surface area contributed by atoms with E-state index >= 15 is 0 Å². The Balaban J connectivity index is 2.01. The third-order valence-electron chi connectivity index (χ3n) is 3.15. The molecule has 3 aromatic rings. The highest BCUT2D eigenvalue weighted by Gasteiger charge is 2.13. The monoisotopic (exact) mass is 274 g/mol. The van der Waals surface area contributed by atoms with E-state index in [4.69, 9.17) is 4.74 Å². The molecule has 1 heterocycles. The van der Waals surface area contributed by atoms with E-state index < -0.39 is 11.6 Å². The maximum atomic E-state index is 13.6. The summed E-state index contributed by atoms with van der Waals surface area (Å²) in [6.07, 6.45) is 0.458. The Morgan fingerprint density at radius 2 is 1.95 bits per heavy atom. The molecule has 102 valence electrons. The first kappa shape index (κ1) is 12.6. The Hall–Kier alpha value is -2.43. The number of para-hydroxylation sites is 1. The quantitative estimate of drug-likeness (QED) is 0.794. The highest BCUT2D eigenvalue weighted by molar-refractivity contribution is 5.75. The average Bonchev–Trinajstić information content (AvgIpc) is 2.87. The molecule has 0 spiro atoms. The predicted molar refractivity (Wildman–Crippen MR) is 71.8 cm³/mol. The van der Waals surface area contributed by atoms with Crippen molar-refractivity contribution in [1.82, 2.24) is 9.97 Å². The summed E-state index contributed by atoms with van der Waals surface area (Å²) in [6, 6.07) is 10.1. The van der Waals surface area contributed by atoms with Crippen molar-refractivity contribution in [3.05, 3.63) is 59.4 Å². The number of hydrogen-bond acceptors (Lipinski definition) is 2. The third-order valence-corrected chi connectivity index (χ3v) is 3.15. The molecule has 0 radical (unpaired) electrons. The van der Waals surface area contributed by atoms with Crippen molar-refractivity contribution < 1.29 is 13.5 Å². The van der Waals surface area contributed by atoms with E-state index in [0.717, 1.165) is 17.4 Å². The number of fused-ring (bicyclic) bond motifs is 1. The van der Waals surface area contributed by atoms with E-state index in [1.165, 1.54) is 6.07 Å². The molecule has 0 fully saturated rings. The van der Waals surface area contributed by atoms with Gasteiger partial charge in [-0.15, -0.1) is 0 Å². The van der Waals surface area contributed by atoms with Gasteiger partial charge in [-0.2, -0.15) is 0 Å². The van der Waals surface area contributed by atoms with Crippen molar-refractivity contribution in [3.63, 3.8) is 0 Å². The lowest BCUT2D eigenvalue weighted by molar-refractivity contribution is 0.410. The first-order chi connectivity index (χ1) is 9.69. The maximum absolute atomic E-state index is 13.6. The maximum Gasteiger partial charge on any atom is 0.186 e. The second kappa shape index (κ2) is 4.92. The number of halogens is 2. The van der Waals surface area contributed by atoms with Crippen molar-refractivity contribution in [2.24, 2.45) is 0 Å². The number of methoxy groups -OCH3 is 1. The lowest BCUT2D eigenvalue weighted by Crippen LogP contribution is -1.95. The summed E-state index contributed by atoms with van der Waals surface area (Å²) in [5.74, 6) is -0.522. The second-order valence-corrected chi connectivity index (χ2v) is 4.43. The van der Waals surface area contributed by atoms with Crippen molar-refractivity contribution in [3.8, 4) is 5.75 Å². The van der Waals surface area contributed by atoms with Crippen molar-refractivity contribution >= 4 is 11.0 Å². The molecule has 1 aromatic heterocycles. The van der Waals surface area contributed by atoms with Crippen LogP contribution in [0.25, 0.3) is 11.0 Å². The van der Waals surface area contributed by atoms with Gasteiger partial charge in [-0.1, -0.05) is 18.2 Å². The fourth-order valence-electron chi connectivity index (χ4n) is 2.18. The van der Waals surface area contributed by atoms with Gasteiger partial charge in [0.05, 0.1) is 12.6 Å². The van der Waals surface area contributed by atoms with Crippen LogP contribution in [-0.4, -0.2) is 17.1 Å². The molecule has 5 heteroatoms. The predicted octanol–water partition coefficient (Wildman–Crippen LogP) is 3.44. The number of aromatic nitrogens is 2. The van der Waals surface area contributed by atoms with Gasteiger partial charge >= 0.3 is 0 Å². The SMILES string of the molecule is COc1ccccc1Cc1nc2c(F)c(F)ccc2[nH]1. The average molecular weight is 274 g/mol. The minimum absolute atomic E-state index is 0.0231. The summed E-state index contributed by atoms with van der Waals surface area (Å²) in [7, 11) is 1.59. The van der Waals surface area contributed by atoms with Crippen molar-refractivity contribution in [2.45, 2.75) is 6.42 Å². The van der Waals surface area contributed by atoms with E-state index in [2.05, 4.69) is 9.97 Å². The highest BCUT2D eigenvalue weighted by Crippen LogP contribution is 2.23. The number of aromatic amines is 1. The van der Waals surface area contributed by atoms with Gasteiger partial charge < -0.3 is 9.72 Å². The Bertz CT molecular complexity index is 768. The van der Waals surface area contributed by atoms with Gasteiger partial charge in [0.25, 0.3) is 0 Å². The van der Waals surface area contributed by atoms with Gasteiger partial charge in [-0.3, -0.25) is 0 Å². The first-order valence-corrected chi connectivity index (χ1v) is 6.13. The molecule has 0 aliphatic heterocycles. The number of rotatable bonds is 3. The van der Waals surface area contributed by atoms with Crippen LogP contribution in [0.3, 0.4) is 0 Å². The lowest BCUT2D eigenvalue weighted by Gasteiger charge is -2.05. The van der Waals surface area contributed by atoms with E-state index in [-0.39, 0.29) is 5.52 Å². The van der Waals surface area contributed by atoms with Crippen LogP contribution in [-0.2, 0) is 6.42 Å². The zero-order chi connectivity index (χ0) is 14.1. The summed E-state index contributed by atoms with van der Waals surface area (Å²) in [4.78, 5) is 7.11. The Labute approximate surface area is 114 Å². The Kier molecular flexibility index (Phi) is 3.10. The summed E-state index contributed by atoms with van der Waals surface area (Å²) < 4.78 is 32.0. The molecule has 0 unspecified atom stereocenters. The van der Waals surface area contributed by atoms with E-state index in [0.29, 0.717) is 17.8 Å². The summed E-state index contributed by atoms with van der Waals surface area (Å²) in [5.41, 5.74) is 1.43. The van der Waals surface area contributed by atoms with E-state index in [9.17, 15) is 8.78 Å². The van der Waals surface area contributed by atoms with Crippen molar-refractivity contribution in [2.75, 3.05) is 7.11 Å². The van der Waals surface area contributed by atoms with Gasteiger partial charge in [0.15, 0.2) is 11.6 Å². The van der Waals surface area contributed by atoms with Crippen LogP contribution in [0, 0.1) is 11.6 Å². The second-order valence-electron chi connectivity index (χ2n) is 4.43. The number of H-pyrrole nitrogens is 1.